The lowest BCUT2D eigenvalue weighted by atomic mass is 10.1. The Morgan fingerprint density at radius 3 is 2.56 bits per heavy atom. The molecule has 0 radical (unpaired) electrons. The van der Waals surface area contributed by atoms with Crippen molar-refractivity contribution in [1.82, 2.24) is 10.2 Å². The Morgan fingerprint density at radius 1 is 1.31 bits per heavy atom. The van der Waals surface area contributed by atoms with Gasteiger partial charge in [0, 0.05) is 38.9 Å². The zero-order valence-corrected chi connectivity index (χ0v) is 11.2. The summed E-state index contributed by atoms with van der Waals surface area (Å²) in [6, 6.07) is 0.687. The van der Waals surface area contributed by atoms with Gasteiger partial charge in [-0.15, -0.1) is 0 Å². The Bertz CT molecular complexity index is 167. The van der Waals surface area contributed by atoms with Gasteiger partial charge in [0.25, 0.3) is 0 Å². The highest BCUT2D eigenvalue weighted by Crippen LogP contribution is 2.05. The largest absolute Gasteiger partial charge is 0.381 e. The van der Waals surface area contributed by atoms with E-state index in [1.807, 2.05) is 0 Å². The molecule has 1 heterocycles. The van der Waals surface area contributed by atoms with Crippen LogP contribution in [0.3, 0.4) is 0 Å². The Hall–Kier alpha value is -0.120. The maximum absolute atomic E-state index is 5.35. The van der Waals surface area contributed by atoms with Crippen LogP contribution < -0.4 is 5.32 Å². The second-order valence-corrected chi connectivity index (χ2v) is 5.13. The fraction of sp³-hybridized carbons (Fsp3) is 1.00. The second-order valence-electron chi connectivity index (χ2n) is 5.13. The van der Waals surface area contributed by atoms with Crippen molar-refractivity contribution in [2.45, 2.75) is 39.7 Å². The van der Waals surface area contributed by atoms with E-state index in [1.54, 1.807) is 0 Å². The van der Waals surface area contributed by atoms with Gasteiger partial charge < -0.3 is 15.0 Å². The van der Waals surface area contributed by atoms with E-state index in [0.717, 1.165) is 32.2 Å². The number of hydrogen-bond acceptors (Lipinski definition) is 3. The quantitative estimate of drug-likeness (QED) is 0.718. The highest BCUT2D eigenvalue weighted by Gasteiger charge is 2.13. The van der Waals surface area contributed by atoms with Crippen LogP contribution in [0, 0.1) is 5.92 Å². The summed E-state index contributed by atoms with van der Waals surface area (Å²) in [5.74, 6) is 0.767. The topological polar surface area (TPSA) is 24.5 Å². The summed E-state index contributed by atoms with van der Waals surface area (Å²) in [5.41, 5.74) is 0. The third-order valence-electron chi connectivity index (χ3n) is 3.15. The second kappa shape index (κ2) is 8.04. The van der Waals surface area contributed by atoms with E-state index in [0.29, 0.717) is 6.04 Å². The van der Waals surface area contributed by atoms with Gasteiger partial charge in [0.05, 0.1) is 0 Å². The minimum Gasteiger partial charge on any atom is -0.381 e. The van der Waals surface area contributed by atoms with E-state index in [1.165, 1.54) is 25.9 Å². The van der Waals surface area contributed by atoms with E-state index in [9.17, 15) is 0 Å². The van der Waals surface area contributed by atoms with Gasteiger partial charge in [-0.1, -0.05) is 20.8 Å². The van der Waals surface area contributed by atoms with Gasteiger partial charge in [0.15, 0.2) is 0 Å². The van der Waals surface area contributed by atoms with E-state index < -0.39 is 0 Å². The van der Waals surface area contributed by atoms with Crippen LogP contribution >= 0.6 is 0 Å². The molecule has 16 heavy (non-hydrogen) atoms. The standard InChI is InChI=1S/C13H28N2O/c1-4-15(11-12(2)3)8-7-14-13-5-9-16-10-6-13/h12-14H,4-11H2,1-3H3. The molecule has 3 nitrogen and oxygen atoms in total. The zero-order valence-electron chi connectivity index (χ0n) is 11.2. The SMILES string of the molecule is CCN(CCNC1CCOCC1)CC(C)C. The molecule has 1 aliphatic heterocycles. The average molecular weight is 228 g/mol. The molecule has 3 heteroatoms. The molecule has 1 saturated heterocycles. The minimum atomic E-state index is 0.687. The van der Waals surface area contributed by atoms with Gasteiger partial charge in [-0.05, 0) is 25.3 Å². The molecule has 1 fully saturated rings. The van der Waals surface area contributed by atoms with Gasteiger partial charge in [-0.2, -0.15) is 0 Å². The van der Waals surface area contributed by atoms with E-state index >= 15 is 0 Å². The van der Waals surface area contributed by atoms with Crippen molar-refractivity contribution in [3.63, 3.8) is 0 Å². The molecule has 0 amide bonds. The monoisotopic (exact) mass is 228 g/mol. The van der Waals surface area contributed by atoms with E-state index in [-0.39, 0.29) is 0 Å². The first-order valence-electron chi connectivity index (χ1n) is 6.75. The van der Waals surface area contributed by atoms with E-state index in [2.05, 4.69) is 31.0 Å². The highest BCUT2D eigenvalue weighted by atomic mass is 16.5. The fourth-order valence-electron chi connectivity index (χ4n) is 2.22. The predicted octanol–water partition coefficient (Wildman–Crippen LogP) is 1.73. The average Bonchev–Trinajstić information content (AvgIpc) is 2.28. The van der Waals surface area contributed by atoms with Gasteiger partial charge in [-0.3, -0.25) is 0 Å². The fourth-order valence-corrected chi connectivity index (χ4v) is 2.22. The van der Waals surface area contributed by atoms with Gasteiger partial charge >= 0.3 is 0 Å². The van der Waals surface area contributed by atoms with E-state index in [4.69, 9.17) is 4.74 Å². The molecule has 1 N–H and O–H groups in total. The molecule has 0 aliphatic carbocycles. The minimum absolute atomic E-state index is 0.687. The molecule has 0 aromatic carbocycles. The van der Waals surface area contributed by atoms with Crippen LogP contribution in [0.25, 0.3) is 0 Å². The van der Waals surface area contributed by atoms with Gasteiger partial charge in [0.2, 0.25) is 0 Å². The lowest BCUT2D eigenvalue weighted by Crippen LogP contribution is -2.40. The number of ether oxygens (including phenoxy) is 1. The third kappa shape index (κ3) is 5.83. The molecule has 1 rings (SSSR count). The zero-order chi connectivity index (χ0) is 11.8. The number of nitrogens with one attached hydrogen (secondary N) is 1. The van der Waals surface area contributed by atoms with Crippen LogP contribution in [-0.2, 0) is 4.74 Å². The Balaban J connectivity index is 2.07. The number of rotatable bonds is 7. The summed E-state index contributed by atoms with van der Waals surface area (Å²) in [5, 5.41) is 3.64. The predicted molar refractivity (Wildman–Crippen MR) is 68.8 cm³/mol. The summed E-state index contributed by atoms with van der Waals surface area (Å²) < 4.78 is 5.35. The molecule has 0 saturated carbocycles. The Morgan fingerprint density at radius 2 is 2.00 bits per heavy atom. The maximum atomic E-state index is 5.35. The van der Waals surface area contributed by atoms with Crippen LogP contribution in [0.4, 0.5) is 0 Å². The molecular weight excluding hydrogens is 200 g/mol. The summed E-state index contributed by atoms with van der Waals surface area (Å²) in [7, 11) is 0. The van der Waals surface area contributed by atoms with Crippen molar-refractivity contribution in [1.29, 1.82) is 0 Å². The van der Waals surface area contributed by atoms with Crippen LogP contribution in [0.2, 0.25) is 0 Å². The van der Waals surface area contributed by atoms with Crippen LogP contribution in [-0.4, -0.2) is 50.3 Å². The molecule has 0 aromatic rings. The summed E-state index contributed by atoms with van der Waals surface area (Å²) >= 11 is 0. The lowest BCUT2D eigenvalue weighted by Gasteiger charge is -2.26. The van der Waals surface area contributed by atoms with Crippen molar-refractivity contribution in [3.05, 3.63) is 0 Å². The molecule has 0 aromatic heterocycles. The van der Waals surface area contributed by atoms with Crippen molar-refractivity contribution in [3.8, 4) is 0 Å². The normalized spacial score (nSPS) is 18.6. The highest BCUT2D eigenvalue weighted by molar-refractivity contribution is 4.71. The summed E-state index contributed by atoms with van der Waals surface area (Å²) in [6.45, 7) is 13.3. The van der Waals surface area contributed by atoms with Crippen LogP contribution in [0.15, 0.2) is 0 Å². The lowest BCUT2D eigenvalue weighted by molar-refractivity contribution is 0.0771. The molecule has 0 unspecified atom stereocenters. The van der Waals surface area contributed by atoms with Crippen molar-refractivity contribution in [2.24, 2.45) is 5.92 Å². The summed E-state index contributed by atoms with van der Waals surface area (Å²) in [6.07, 6.45) is 2.35. The summed E-state index contributed by atoms with van der Waals surface area (Å²) in [4.78, 5) is 2.52. The maximum Gasteiger partial charge on any atom is 0.0480 e. The molecule has 0 atom stereocenters. The van der Waals surface area contributed by atoms with Crippen molar-refractivity contribution >= 4 is 0 Å². The van der Waals surface area contributed by atoms with Gasteiger partial charge in [0.1, 0.15) is 0 Å². The number of nitrogens with zero attached hydrogens (tertiary/aromatic N) is 1. The molecule has 96 valence electrons. The first-order chi connectivity index (χ1) is 7.72. The molecule has 0 bridgehead atoms. The Kier molecular flexibility index (Phi) is 7.01. The van der Waals surface area contributed by atoms with Gasteiger partial charge in [-0.25, -0.2) is 0 Å². The first kappa shape index (κ1) is 13.9. The first-order valence-corrected chi connectivity index (χ1v) is 6.75. The van der Waals surface area contributed by atoms with Crippen LogP contribution in [0.5, 0.6) is 0 Å². The number of likely N-dealkylation sites (N-methyl/N-ethyl adjacent to an activating group) is 1. The van der Waals surface area contributed by atoms with Crippen molar-refractivity contribution in [2.75, 3.05) is 39.4 Å². The molecule has 0 spiro atoms. The van der Waals surface area contributed by atoms with Crippen LogP contribution in [0.1, 0.15) is 33.6 Å². The smallest absolute Gasteiger partial charge is 0.0480 e. The molecule has 1 aliphatic rings. The number of hydrogen-bond donors (Lipinski definition) is 1. The Labute approximate surface area is 101 Å². The van der Waals surface area contributed by atoms with Crippen molar-refractivity contribution < 1.29 is 4.74 Å². The third-order valence-corrected chi connectivity index (χ3v) is 3.15. The molecular formula is C13H28N2O.